The first-order chi connectivity index (χ1) is 8.62. The number of hydrogen-bond donors (Lipinski definition) is 2. The molecule has 0 bridgehead atoms. The second-order valence-corrected chi connectivity index (χ2v) is 6.50. The minimum atomic E-state index is -3.59. The number of nitrogens with one attached hydrogen (secondary N) is 1. The van der Waals surface area contributed by atoms with Gasteiger partial charge in [0, 0.05) is 5.02 Å². The van der Waals surface area contributed by atoms with Crippen LogP contribution in [0.5, 0.6) is 5.75 Å². The first-order valence-corrected chi connectivity index (χ1v) is 7.56. The Bertz CT molecular complexity index is 559. The fourth-order valence-corrected chi connectivity index (χ4v) is 2.42. The topological polar surface area (TPSA) is 98.5 Å². The van der Waals surface area contributed by atoms with Crippen molar-refractivity contribution in [2.45, 2.75) is 12.5 Å². The highest BCUT2D eigenvalue weighted by molar-refractivity contribution is 7.88. The minimum absolute atomic E-state index is 0.225. The molecule has 0 spiro atoms. The summed E-state index contributed by atoms with van der Waals surface area (Å²) in [4.78, 5) is 11.4. The summed E-state index contributed by atoms with van der Waals surface area (Å²) in [5.74, 6) is -0.376. The molecule has 0 heterocycles. The first-order valence-electron chi connectivity index (χ1n) is 5.30. The third-order valence-electron chi connectivity index (χ3n) is 2.30. The summed E-state index contributed by atoms with van der Waals surface area (Å²) >= 11 is 5.72. The van der Waals surface area contributed by atoms with Crippen molar-refractivity contribution >= 4 is 27.5 Å². The van der Waals surface area contributed by atoms with Crippen LogP contribution >= 0.6 is 11.6 Å². The largest absolute Gasteiger partial charge is 0.491 e. The van der Waals surface area contributed by atoms with Gasteiger partial charge in [0.1, 0.15) is 17.9 Å². The highest BCUT2D eigenvalue weighted by Crippen LogP contribution is 2.17. The van der Waals surface area contributed by atoms with Crippen LogP contribution in [0.2, 0.25) is 5.02 Å². The summed E-state index contributed by atoms with van der Waals surface area (Å²) in [6.45, 7) is 1.13. The van der Waals surface area contributed by atoms with Crippen molar-refractivity contribution in [2.75, 3.05) is 12.9 Å². The molecule has 3 N–H and O–H groups in total. The molecule has 1 aromatic carbocycles. The molecule has 0 aliphatic heterocycles. The summed E-state index contributed by atoms with van der Waals surface area (Å²) in [5, 5.41) is 0.541. The van der Waals surface area contributed by atoms with Crippen LogP contribution in [-0.2, 0) is 14.8 Å². The van der Waals surface area contributed by atoms with E-state index in [1.807, 2.05) is 0 Å². The number of carbonyl (C=O) groups excluding carboxylic acids is 1. The molecule has 0 fully saturated rings. The van der Waals surface area contributed by atoms with Crippen molar-refractivity contribution in [1.82, 2.24) is 4.72 Å². The van der Waals surface area contributed by atoms with Crippen LogP contribution in [0.4, 0.5) is 0 Å². The van der Waals surface area contributed by atoms with Gasteiger partial charge in [-0.05, 0) is 31.2 Å². The molecule has 1 rings (SSSR count). The Morgan fingerprint density at radius 1 is 1.42 bits per heavy atom. The van der Waals surface area contributed by atoms with Gasteiger partial charge in [-0.3, -0.25) is 4.79 Å². The second-order valence-electron chi connectivity index (χ2n) is 4.31. The third-order valence-corrected chi connectivity index (χ3v) is 3.37. The maximum atomic E-state index is 11.4. The maximum Gasteiger partial charge on any atom is 0.241 e. The Morgan fingerprint density at radius 2 is 1.95 bits per heavy atom. The Balaban J connectivity index is 2.80. The van der Waals surface area contributed by atoms with Gasteiger partial charge in [0.05, 0.1) is 6.26 Å². The number of ether oxygens (including phenoxy) is 1. The average molecular weight is 307 g/mol. The number of halogens is 1. The number of rotatable bonds is 6. The zero-order valence-electron chi connectivity index (χ0n) is 10.5. The molecule has 106 valence electrons. The van der Waals surface area contributed by atoms with E-state index in [4.69, 9.17) is 22.1 Å². The van der Waals surface area contributed by atoms with Crippen LogP contribution in [0.15, 0.2) is 24.3 Å². The molecular formula is C11H15ClN2O4S. The Hall–Kier alpha value is -1.31. The molecule has 1 unspecified atom stereocenters. The quantitative estimate of drug-likeness (QED) is 0.800. The lowest BCUT2D eigenvalue weighted by Crippen LogP contribution is -2.58. The van der Waals surface area contributed by atoms with Crippen molar-refractivity contribution in [2.24, 2.45) is 5.73 Å². The predicted octanol–water partition coefficient (Wildman–Crippen LogP) is 0.512. The maximum absolute atomic E-state index is 11.4. The number of nitrogens with two attached hydrogens (primary N) is 1. The fourth-order valence-electron chi connectivity index (χ4n) is 1.32. The molecule has 8 heteroatoms. The monoisotopic (exact) mass is 306 g/mol. The van der Waals surface area contributed by atoms with E-state index in [9.17, 15) is 13.2 Å². The van der Waals surface area contributed by atoms with Crippen molar-refractivity contribution in [3.63, 3.8) is 0 Å². The van der Waals surface area contributed by atoms with Gasteiger partial charge in [-0.25, -0.2) is 8.42 Å². The predicted molar refractivity (Wildman–Crippen MR) is 72.5 cm³/mol. The van der Waals surface area contributed by atoms with E-state index in [1.54, 1.807) is 24.3 Å². The van der Waals surface area contributed by atoms with Gasteiger partial charge in [0.15, 0.2) is 0 Å². The molecule has 0 aromatic heterocycles. The van der Waals surface area contributed by atoms with E-state index >= 15 is 0 Å². The van der Waals surface area contributed by atoms with Crippen LogP contribution < -0.4 is 15.2 Å². The summed E-state index contributed by atoms with van der Waals surface area (Å²) in [6, 6.07) is 6.43. The fraction of sp³-hybridized carbons (Fsp3) is 0.364. The number of amides is 1. The normalized spacial score (nSPS) is 14.7. The van der Waals surface area contributed by atoms with Gasteiger partial charge in [-0.2, -0.15) is 4.72 Å². The standard InChI is InChI=1S/C11H15ClN2O4S/c1-11(10(13)15,14-19(2,16)17)7-18-9-5-3-8(12)4-6-9/h3-6,14H,7H2,1-2H3,(H2,13,15). The lowest BCUT2D eigenvalue weighted by Gasteiger charge is -2.26. The van der Waals surface area contributed by atoms with E-state index in [0.29, 0.717) is 10.8 Å². The summed E-state index contributed by atoms with van der Waals surface area (Å²) in [6.07, 6.45) is 0.941. The van der Waals surface area contributed by atoms with Crippen molar-refractivity contribution in [3.05, 3.63) is 29.3 Å². The first kappa shape index (κ1) is 15.7. The molecule has 0 aliphatic rings. The molecule has 19 heavy (non-hydrogen) atoms. The van der Waals surface area contributed by atoms with Crippen molar-refractivity contribution in [1.29, 1.82) is 0 Å². The van der Waals surface area contributed by atoms with E-state index in [-0.39, 0.29) is 6.61 Å². The molecule has 0 saturated carbocycles. The number of sulfonamides is 1. The minimum Gasteiger partial charge on any atom is -0.491 e. The average Bonchev–Trinajstić information content (AvgIpc) is 2.26. The van der Waals surface area contributed by atoms with Crippen LogP contribution in [-0.4, -0.2) is 32.7 Å². The van der Waals surface area contributed by atoms with Gasteiger partial charge in [-0.1, -0.05) is 11.6 Å². The van der Waals surface area contributed by atoms with Gasteiger partial charge >= 0.3 is 0 Å². The molecule has 0 radical (unpaired) electrons. The molecule has 1 amide bonds. The number of hydrogen-bond acceptors (Lipinski definition) is 4. The highest BCUT2D eigenvalue weighted by Gasteiger charge is 2.35. The number of benzene rings is 1. The van der Waals surface area contributed by atoms with Crippen LogP contribution in [0.25, 0.3) is 0 Å². The van der Waals surface area contributed by atoms with Crippen molar-refractivity contribution in [3.8, 4) is 5.75 Å². The summed E-state index contributed by atoms with van der Waals surface area (Å²) in [7, 11) is -3.59. The smallest absolute Gasteiger partial charge is 0.241 e. The molecule has 0 saturated heterocycles. The molecular weight excluding hydrogens is 292 g/mol. The van der Waals surface area contributed by atoms with E-state index < -0.39 is 21.5 Å². The lowest BCUT2D eigenvalue weighted by atomic mass is 10.1. The van der Waals surface area contributed by atoms with Gasteiger partial charge in [0.25, 0.3) is 0 Å². The van der Waals surface area contributed by atoms with Crippen molar-refractivity contribution < 1.29 is 17.9 Å². The lowest BCUT2D eigenvalue weighted by molar-refractivity contribution is -0.124. The molecule has 0 aliphatic carbocycles. The third kappa shape index (κ3) is 5.06. The Morgan fingerprint density at radius 3 is 2.37 bits per heavy atom. The Kier molecular flexibility index (Phi) is 4.78. The Labute approximate surface area is 116 Å². The molecule has 1 aromatic rings. The molecule has 1 atom stereocenters. The van der Waals surface area contributed by atoms with E-state index in [2.05, 4.69) is 4.72 Å². The zero-order chi connectivity index (χ0) is 14.7. The van der Waals surface area contributed by atoms with Crippen LogP contribution in [0.1, 0.15) is 6.92 Å². The number of primary amides is 1. The second kappa shape index (κ2) is 5.77. The van der Waals surface area contributed by atoms with E-state index in [1.165, 1.54) is 6.92 Å². The van der Waals surface area contributed by atoms with Crippen LogP contribution in [0, 0.1) is 0 Å². The van der Waals surface area contributed by atoms with E-state index in [0.717, 1.165) is 6.26 Å². The summed E-state index contributed by atoms with van der Waals surface area (Å²) < 4.78 is 29.9. The highest BCUT2D eigenvalue weighted by atomic mass is 35.5. The van der Waals surface area contributed by atoms with Crippen LogP contribution in [0.3, 0.4) is 0 Å². The number of carbonyl (C=O) groups is 1. The van der Waals surface area contributed by atoms with Gasteiger partial charge in [-0.15, -0.1) is 0 Å². The van der Waals surface area contributed by atoms with Gasteiger partial charge < -0.3 is 10.5 Å². The molecule has 6 nitrogen and oxygen atoms in total. The van der Waals surface area contributed by atoms with Gasteiger partial charge in [0.2, 0.25) is 15.9 Å². The SMILES string of the molecule is CC(COc1ccc(Cl)cc1)(NS(C)(=O)=O)C(N)=O. The summed E-state index contributed by atoms with van der Waals surface area (Å²) in [5.41, 5.74) is 3.68. The zero-order valence-corrected chi connectivity index (χ0v) is 12.1.